The number of thiophene rings is 1. The van der Waals surface area contributed by atoms with Crippen LogP contribution in [0.5, 0.6) is 5.75 Å². The largest absolute Gasteiger partial charge is 0.480 e. The normalized spacial score (nSPS) is 15.8. The van der Waals surface area contributed by atoms with Gasteiger partial charge in [-0.3, -0.25) is 4.79 Å². The van der Waals surface area contributed by atoms with Crippen molar-refractivity contribution < 1.29 is 19.1 Å². The zero-order valence-electron chi connectivity index (χ0n) is 11.6. The maximum Gasteiger partial charge on any atom is 0.348 e. The van der Waals surface area contributed by atoms with E-state index in [9.17, 15) is 9.59 Å². The van der Waals surface area contributed by atoms with Crippen LogP contribution in [0.2, 0.25) is 5.02 Å². The first kappa shape index (κ1) is 14.9. The Bertz CT molecular complexity index is 743. The summed E-state index contributed by atoms with van der Waals surface area (Å²) in [6.07, 6.45) is -0.131. The van der Waals surface area contributed by atoms with Gasteiger partial charge in [0, 0.05) is 11.4 Å². The minimum Gasteiger partial charge on any atom is -0.480 e. The van der Waals surface area contributed by atoms with E-state index in [0.717, 1.165) is 16.9 Å². The number of methoxy groups -OCH3 is 1. The lowest BCUT2D eigenvalue weighted by Gasteiger charge is -2.09. The molecule has 0 saturated carbocycles. The van der Waals surface area contributed by atoms with Crippen molar-refractivity contribution in [1.29, 1.82) is 0 Å². The van der Waals surface area contributed by atoms with Crippen LogP contribution in [0, 0.1) is 0 Å². The van der Waals surface area contributed by atoms with Crippen molar-refractivity contribution in [1.82, 2.24) is 0 Å². The molecule has 0 aliphatic carbocycles. The Morgan fingerprint density at radius 3 is 2.95 bits per heavy atom. The number of anilines is 1. The summed E-state index contributed by atoms with van der Waals surface area (Å²) in [4.78, 5) is 24.1. The molecule has 1 aromatic carbocycles. The van der Waals surface area contributed by atoms with E-state index in [4.69, 9.17) is 16.3 Å². The molecule has 0 saturated heterocycles. The number of rotatable bonds is 3. The van der Waals surface area contributed by atoms with Crippen LogP contribution in [0.1, 0.15) is 15.2 Å². The van der Waals surface area contributed by atoms with Gasteiger partial charge in [-0.1, -0.05) is 11.6 Å². The zero-order valence-corrected chi connectivity index (χ0v) is 13.2. The molecule has 2 heterocycles. The Hall–Kier alpha value is -2.05. The van der Waals surface area contributed by atoms with E-state index in [0.29, 0.717) is 27.1 Å². The molecule has 22 heavy (non-hydrogen) atoms. The Morgan fingerprint density at radius 1 is 1.36 bits per heavy atom. The third-order valence-corrected chi connectivity index (χ3v) is 4.44. The van der Waals surface area contributed by atoms with Crippen LogP contribution in [-0.4, -0.2) is 25.1 Å². The Kier molecular flexibility index (Phi) is 4.04. The van der Waals surface area contributed by atoms with Crippen molar-refractivity contribution in [2.24, 2.45) is 0 Å². The number of carbonyl (C=O) groups excluding carboxylic acids is 2. The lowest BCUT2D eigenvalue weighted by molar-refractivity contribution is -0.122. The van der Waals surface area contributed by atoms with Crippen LogP contribution >= 0.6 is 22.9 Å². The van der Waals surface area contributed by atoms with Crippen molar-refractivity contribution in [3.05, 3.63) is 45.8 Å². The lowest BCUT2D eigenvalue weighted by atomic mass is 10.1. The smallest absolute Gasteiger partial charge is 0.348 e. The number of hydrogen-bond donors (Lipinski definition) is 1. The fraction of sp³-hybridized carbons (Fsp3) is 0.200. The third-order valence-electron chi connectivity index (χ3n) is 3.23. The van der Waals surface area contributed by atoms with Gasteiger partial charge in [0.2, 0.25) is 0 Å². The van der Waals surface area contributed by atoms with E-state index < -0.39 is 12.1 Å². The third kappa shape index (κ3) is 2.93. The van der Waals surface area contributed by atoms with E-state index in [-0.39, 0.29) is 5.91 Å². The number of benzene rings is 1. The van der Waals surface area contributed by atoms with Crippen LogP contribution in [0.3, 0.4) is 0 Å². The summed E-state index contributed by atoms with van der Waals surface area (Å²) in [6, 6.07) is 8.54. The SMILES string of the molecule is COC(=O)c1ccc(NC(=O)[C@@H]2Cc3cc(Cl)ccc3O2)s1. The molecule has 1 aliphatic rings. The van der Waals surface area contributed by atoms with Gasteiger partial charge in [0.05, 0.1) is 12.1 Å². The molecule has 7 heteroatoms. The highest BCUT2D eigenvalue weighted by atomic mass is 35.5. The maximum atomic E-state index is 12.2. The standard InChI is InChI=1S/C15H12ClNO4S/c1-20-15(19)12-4-5-13(22-12)17-14(18)11-7-8-6-9(16)2-3-10(8)21-11/h2-6,11H,7H2,1H3,(H,17,18)/t11-/m0/s1. The van der Waals surface area contributed by atoms with Gasteiger partial charge in [-0.05, 0) is 35.9 Å². The number of hydrogen-bond acceptors (Lipinski definition) is 5. The molecule has 3 rings (SSSR count). The van der Waals surface area contributed by atoms with Crippen molar-refractivity contribution in [2.45, 2.75) is 12.5 Å². The minimum absolute atomic E-state index is 0.259. The van der Waals surface area contributed by atoms with E-state index >= 15 is 0 Å². The van der Waals surface area contributed by atoms with Gasteiger partial charge in [-0.15, -0.1) is 11.3 Å². The fourth-order valence-electron chi connectivity index (χ4n) is 2.18. The first-order chi connectivity index (χ1) is 10.6. The number of esters is 1. The second-order valence-corrected chi connectivity index (χ2v) is 6.23. The highest BCUT2D eigenvalue weighted by molar-refractivity contribution is 7.18. The fourth-order valence-corrected chi connectivity index (χ4v) is 3.20. The molecule has 5 nitrogen and oxygen atoms in total. The Labute approximate surface area is 135 Å². The molecule has 1 atom stereocenters. The summed E-state index contributed by atoms with van der Waals surface area (Å²) < 4.78 is 10.2. The molecule has 0 unspecified atom stereocenters. The molecule has 1 aliphatic heterocycles. The summed E-state index contributed by atoms with van der Waals surface area (Å²) in [7, 11) is 1.31. The Morgan fingerprint density at radius 2 is 2.18 bits per heavy atom. The molecular formula is C15H12ClNO4S. The highest BCUT2D eigenvalue weighted by Gasteiger charge is 2.29. The van der Waals surface area contributed by atoms with Gasteiger partial charge < -0.3 is 14.8 Å². The zero-order chi connectivity index (χ0) is 15.7. The van der Waals surface area contributed by atoms with Crippen molar-refractivity contribution >= 4 is 39.8 Å². The molecule has 1 amide bonds. The number of amides is 1. The molecule has 0 radical (unpaired) electrons. The summed E-state index contributed by atoms with van der Waals surface area (Å²) in [5, 5.41) is 3.93. The van der Waals surface area contributed by atoms with E-state index in [1.165, 1.54) is 7.11 Å². The monoisotopic (exact) mass is 337 g/mol. The predicted molar refractivity (Wildman–Crippen MR) is 83.9 cm³/mol. The average Bonchev–Trinajstić information content (AvgIpc) is 3.12. The van der Waals surface area contributed by atoms with Gasteiger partial charge >= 0.3 is 5.97 Å². The second kappa shape index (κ2) is 5.98. The maximum absolute atomic E-state index is 12.2. The van der Waals surface area contributed by atoms with E-state index in [1.807, 2.05) is 0 Å². The predicted octanol–water partition coefficient (Wildman–Crippen LogP) is 3.13. The van der Waals surface area contributed by atoms with Crippen LogP contribution in [0.15, 0.2) is 30.3 Å². The summed E-state index contributed by atoms with van der Waals surface area (Å²) in [5.74, 6) is -0.0127. The van der Waals surface area contributed by atoms with Crippen LogP contribution < -0.4 is 10.1 Å². The van der Waals surface area contributed by atoms with Crippen molar-refractivity contribution in [2.75, 3.05) is 12.4 Å². The number of carbonyl (C=O) groups is 2. The van der Waals surface area contributed by atoms with Gasteiger partial charge in [0.15, 0.2) is 6.10 Å². The van der Waals surface area contributed by atoms with E-state index in [2.05, 4.69) is 10.1 Å². The number of halogens is 1. The molecule has 2 aromatic rings. The molecular weight excluding hydrogens is 326 g/mol. The summed E-state index contributed by atoms with van der Waals surface area (Å²) in [5.41, 5.74) is 0.911. The van der Waals surface area contributed by atoms with Gasteiger partial charge in [0.1, 0.15) is 10.6 Å². The first-order valence-corrected chi connectivity index (χ1v) is 7.70. The van der Waals surface area contributed by atoms with Crippen LogP contribution in [-0.2, 0) is 16.0 Å². The minimum atomic E-state index is -0.600. The topological polar surface area (TPSA) is 64.6 Å². The molecule has 0 bridgehead atoms. The molecule has 1 aromatic heterocycles. The number of nitrogens with one attached hydrogen (secondary N) is 1. The van der Waals surface area contributed by atoms with E-state index in [1.54, 1.807) is 30.3 Å². The van der Waals surface area contributed by atoms with Gasteiger partial charge in [-0.2, -0.15) is 0 Å². The van der Waals surface area contributed by atoms with Crippen molar-refractivity contribution in [3.63, 3.8) is 0 Å². The molecule has 0 fully saturated rings. The summed E-state index contributed by atoms with van der Waals surface area (Å²) in [6.45, 7) is 0. The molecule has 114 valence electrons. The first-order valence-electron chi connectivity index (χ1n) is 6.51. The molecule has 1 N–H and O–H groups in total. The number of fused-ring (bicyclic) bond motifs is 1. The quantitative estimate of drug-likeness (QED) is 0.874. The summed E-state index contributed by atoms with van der Waals surface area (Å²) >= 11 is 7.08. The van der Waals surface area contributed by atoms with Crippen molar-refractivity contribution in [3.8, 4) is 5.75 Å². The lowest BCUT2D eigenvalue weighted by Crippen LogP contribution is -2.31. The second-order valence-electron chi connectivity index (χ2n) is 4.71. The van der Waals surface area contributed by atoms with Gasteiger partial charge in [-0.25, -0.2) is 4.79 Å². The molecule has 0 spiro atoms. The van der Waals surface area contributed by atoms with Gasteiger partial charge in [0.25, 0.3) is 5.91 Å². The van der Waals surface area contributed by atoms with Crippen LogP contribution in [0.25, 0.3) is 0 Å². The van der Waals surface area contributed by atoms with Crippen LogP contribution in [0.4, 0.5) is 5.00 Å². The average molecular weight is 338 g/mol. The Balaban J connectivity index is 1.66. The number of ether oxygens (including phenoxy) is 2. The highest BCUT2D eigenvalue weighted by Crippen LogP contribution is 2.32.